The number of furan rings is 1. The normalized spacial score (nSPS) is 12.7. The van der Waals surface area contributed by atoms with Crippen molar-refractivity contribution < 1.29 is 4.42 Å². The highest BCUT2D eigenvalue weighted by Crippen LogP contribution is 2.52. The third-order valence-corrected chi connectivity index (χ3v) is 13.0. The van der Waals surface area contributed by atoms with Gasteiger partial charge in [0.1, 0.15) is 11.2 Å². The summed E-state index contributed by atoms with van der Waals surface area (Å²) in [4.78, 5) is 15.8. The van der Waals surface area contributed by atoms with Gasteiger partial charge in [0.2, 0.25) is 0 Å². The monoisotopic (exact) mass is 819 g/mol. The maximum absolute atomic E-state index is 6.59. The maximum Gasteiger partial charge on any atom is 0.164 e. The fourth-order valence-corrected chi connectivity index (χ4v) is 9.88. The number of aromatic nitrogens is 3. The van der Waals surface area contributed by atoms with E-state index in [0.717, 1.165) is 72.0 Å². The molecule has 302 valence electrons. The SMILES string of the molecule is CC1(C)c2ccccc2-c2cccc(-c3cccc(-c4ccc5oc6cccc(-c7nc(-c8ccc(-c9ccccc9)cc8)nc(-c8ccccc8-c8ccccc8)n7)c6c5c4)c3)c21. The first-order valence-corrected chi connectivity index (χ1v) is 21.8. The first-order valence-electron chi connectivity index (χ1n) is 21.8. The largest absolute Gasteiger partial charge is 0.456 e. The molecule has 0 amide bonds. The molecule has 0 atom stereocenters. The van der Waals surface area contributed by atoms with Gasteiger partial charge in [-0.15, -0.1) is 0 Å². The summed E-state index contributed by atoms with van der Waals surface area (Å²) < 4.78 is 6.59. The van der Waals surface area contributed by atoms with Gasteiger partial charge in [0, 0.05) is 32.9 Å². The molecular weight excluding hydrogens is 779 g/mol. The van der Waals surface area contributed by atoms with Crippen LogP contribution in [0.5, 0.6) is 0 Å². The van der Waals surface area contributed by atoms with Crippen LogP contribution < -0.4 is 0 Å². The number of nitrogens with zero attached hydrogens (tertiary/aromatic N) is 3. The highest BCUT2D eigenvalue weighted by atomic mass is 16.3. The summed E-state index contributed by atoms with van der Waals surface area (Å²) >= 11 is 0. The van der Waals surface area contributed by atoms with E-state index in [4.69, 9.17) is 19.4 Å². The van der Waals surface area contributed by atoms with Crippen molar-refractivity contribution in [1.29, 1.82) is 0 Å². The standard InChI is InChI=1S/C60H41N3O/c1-60(2)52-28-12-11-23-47(52)48-26-14-25-46(56(48)60)44-21-13-20-42(36-44)43-34-35-53-51(37-43)55-50(27-15-29-54(55)64-53)59-62-57(41-32-30-39(31-33-41)38-16-5-3-6-17-38)61-58(63-59)49-24-10-9-22-45(49)40-18-7-4-8-19-40/h3-37H,1-2H3. The topological polar surface area (TPSA) is 51.8 Å². The molecule has 2 aromatic heterocycles. The van der Waals surface area contributed by atoms with Gasteiger partial charge in [-0.25, -0.2) is 15.0 Å². The van der Waals surface area contributed by atoms with Gasteiger partial charge < -0.3 is 4.42 Å². The number of benzene rings is 9. The van der Waals surface area contributed by atoms with Crippen LogP contribution >= 0.6 is 0 Å². The van der Waals surface area contributed by atoms with E-state index in [1.54, 1.807) is 0 Å². The molecule has 4 nitrogen and oxygen atoms in total. The Hall–Kier alpha value is -8.21. The molecule has 4 heteroatoms. The smallest absolute Gasteiger partial charge is 0.164 e. The van der Waals surface area contributed by atoms with Gasteiger partial charge >= 0.3 is 0 Å². The lowest BCUT2D eigenvalue weighted by Crippen LogP contribution is -2.16. The summed E-state index contributed by atoms with van der Waals surface area (Å²) in [5.74, 6) is 1.79. The van der Waals surface area contributed by atoms with Crippen LogP contribution in [0, 0.1) is 0 Å². The van der Waals surface area contributed by atoms with E-state index in [0.29, 0.717) is 17.5 Å². The van der Waals surface area contributed by atoms with Crippen LogP contribution in [0.25, 0.3) is 112 Å². The first kappa shape index (κ1) is 37.5. The lowest BCUT2D eigenvalue weighted by molar-refractivity contribution is 0.662. The van der Waals surface area contributed by atoms with Crippen molar-refractivity contribution in [2.45, 2.75) is 19.3 Å². The molecule has 1 aliphatic rings. The van der Waals surface area contributed by atoms with Crippen LogP contribution in [0.2, 0.25) is 0 Å². The molecule has 0 saturated heterocycles. The van der Waals surface area contributed by atoms with Crippen molar-refractivity contribution in [2.75, 3.05) is 0 Å². The van der Waals surface area contributed by atoms with Gasteiger partial charge in [-0.1, -0.05) is 202 Å². The predicted octanol–water partition coefficient (Wildman–Crippen LogP) is 15.7. The highest BCUT2D eigenvalue weighted by molar-refractivity contribution is 6.13. The summed E-state index contributed by atoms with van der Waals surface area (Å²) in [6.45, 7) is 4.70. The van der Waals surface area contributed by atoms with Crippen molar-refractivity contribution in [3.8, 4) is 89.8 Å². The van der Waals surface area contributed by atoms with Gasteiger partial charge in [0.05, 0.1) is 0 Å². The van der Waals surface area contributed by atoms with E-state index in [9.17, 15) is 0 Å². The Labute approximate surface area is 372 Å². The van der Waals surface area contributed by atoms with Crippen molar-refractivity contribution in [1.82, 2.24) is 15.0 Å². The second kappa shape index (κ2) is 15.0. The minimum atomic E-state index is -0.118. The zero-order valence-corrected chi connectivity index (χ0v) is 35.5. The van der Waals surface area contributed by atoms with Gasteiger partial charge in [0.15, 0.2) is 17.5 Å². The van der Waals surface area contributed by atoms with Gasteiger partial charge in [-0.05, 0) is 91.0 Å². The molecular formula is C60H41N3O. The molecule has 2 heterocycles. The van der Waals surface area contributed by atoms with E-state index in [1.807, 2.05) is 30.3 Å². The molecule has 12 rings (SSSR count). The Morgan fingerprint density at radius 2 is 0.844 bits per heavy atom. The van der Waals surface area contributed by atoms with Crippen LogP contribution in [-0.2, 0) is 5.41 Å². The molecule has 1 aliphatic carbocycles. The summed E-state index contributed by atoms with van der Waals surface area (Å²) in [5, 5.41) is 1.97. The average Bonchev–Trinajstić information content (AvgIpc) is 3.86. The van der Waals surface area contributed by atoms with Crippen LogP contribution in [0.1, 0.15) is 25.0 Å². The molecule has 0 N–H and O–H groups in total. The van der Waals surface area contributed by atoms with Crippen molar-refractivity contribution in [3.05, 3.63) is 223 Å². The average molecular weight is 820 g/mol. The predicted molar refractivity (Wildman–Crippen MR) is 263 cm³/mol. The molecule has 64 heavy (non-hydrogen) atoms. The summed E-state index contributed by atoms with van der Waals surface area (Å²) in [7, 11) is 0. The molecule has 0 fully saturated rings. The molecule has 0 spiro atoms. The zero-order chi connectivity index (χ0) is 42.8. The third kappa shape index (κ3) is 6.26. The van der Waals surface area contributed by atoms with Crippen molar-refractivity contribution in [2.24, 2.45) is 0 Å². The highest BCUT2D eigenvalue weighted by Gasteiger charge is 2.37. The Balaban J connectivity index is 1.00. The maximum atomic E-state index is 6.59. The summed E-state index contributed by atoms with van der Waals surface area (Å²) in [5.41, 5.74) is 18.7. The number of rotatable bonds is 7. The Morgan fingerprint density at radius 3 is 1.64 bits per heavy atom. The molecule has 0 saturated carbocycles. The Morgan fingerprint density at radius 1 is 0.328 bits per heavy atom. The lowest BCUT2D eigenvalue weighted by atomic mass is 9.78. The molecule has 11 aromatic rings. The molecule has 9 aromatic carbocycles. The van der Waals surface area contributed by atoms with Crippen LogP contribution in [0.4, 0.5) is 0 Å². The number of fused-ring (bicyclic) bond motifs is 6. The van der Waals surface area contributed by atoms with E-state index in [-0.39, 0.29) is 5.41 Å². The van der Waals surface area contributed by atoms with E-state index >= 15 is 0 Å². The van der Waals surface area contributed by atoms with Crippen molar-refractivity contribution >= 4 is 21.9 Å². The van der Waals surface area contributed by atoms with E-state index in [2.05, 4.69) is 196 Å². The van der Waals surface area contributed by atoms with Gasteiger partial charge in [-0.3, -0.25) is 0 Å². The minimum absolute atomic E-state index is 0.118. The second-order valence-electron chi connectivity index (χ2n) is 17.1. The Bertz CT molecular complexity index is 3570. The second-order valence-corrected chi connectivity index (χ2v) is 17.1. The van der Waals surface area contributed by atoms with Crippen LogP contribution in [-0.4, -0.2) is 15.0 Å². The van der Waals surface area contributed by atoms with Crippen LogP contribution in [0.3, 0.4) is 0 Å². The van der Waals surface area contributed by atoms with E-state index < -0.39 is 0 Å². The number of hydrogen-bond acceptors (Lipinski definition) is 4. The minimum Gasteiger partial charge on any atom is -0.456 e. The summed E-state index contributed by atoms with van der Waals surface area (Å²) in [6.07, 6.45) is 0. The fourth-order valence-electron chi connectivity index (χ4n) is 9.88. The van der Waals surface area contributed by atoms with Crippen LogP contribution in [0.15, 0.2) is 217 Å². The molecule has 0 unspecified atom stereocenters. The Kier molecular flexibility index (Phi) is 8.80. The molecule has 0 radical (unpaired) electrons. The fraction of sp³-hybridized carbons (Fsp3) is 0.0500. The van der Waals surface area contributed by atoms with Gasteiger partial charge in [0.25, 0.3) is 0 Å². The third-order valence-electron chi connectivity index (χ3n) is 13.0. The summed E-state index contributed by atoms with van der Waals surface area (Å²) in [6, 6.07) is 74.9. The first-order chi connectivity index (χ1) is 31.5. The molecule has 0 bridgehead atoms. The molecule has 0 aliphatic heterocycles. The van der Waals surface area contributed by atoms with E-state index in [1.165, 1.54) is 33.4 Å². The lowest BCUT2D eigenvalue weighted by Gasteiger charge is -2.24. The van der Waals surface area contributed by atoms with Crippen molar-refractivity contribution in [3.63, 3.8) is 0 Å². The van der Waals surface area contributed by atoms with Gasteiger partial charge in [-0.2, -0.15) is 0 Å². The number of hydrogen-bond donors (Lipinski definition) is 0. The zero-order valence-electron chi connectivity index (χ0n) is 35.5. The quantitative estimate of drug-likeness (QED) is 0.161.